The second-order valence-corrected chi connectivity index (χ2v) is 5.83. The Morgan fingerprint density at radius 2 is 2.22 bits per heavy atom. The Morgan fingerprint density at radius 3 is 2.91 bits per heavy atom. The highest BCUT2D eigenvalue weighted by atomic mass is 16.5. The van der Waals surface area contributed by atoms with E-state index in [0.29, 0.717) is 17.8 Å². The van der Waals surface area contributed by atoms with Crippen molar-refractivity contribution in [2.24, 2.45) is 5.92 Å². The van der Waals surface area contributed by atoms with Crippen molar-refractivity contribution < 1.29 is 14.6 Å². The van der Waals surface area contributed by atoms with E-state index in [1.165, 1.54) is 0 Å². The number of carbonyl (C=O) groups is 1. The Bertz CT molecular complexity index is 666. The van der Waals surface area contributed by atoms with Crippen LogP contribution in [0.1, 0.15) is 23.2 Å². The molecule has 0 spiro atoms. The molecule has 3 rings (SSSR count). The molecule has 1 fully saturated rings. The number of rotatable bonds is 4. The van der Waals surface area contributed by atoms with Crippen LogP contribution < -0.4 is 4.74 Å². The third kappa shape index (κ3) is 3.22. The van der Waals surface area contributed by atoms with Crippen molar-refractivity contribution in [1.82, 2.24) is 15.1 Å². The van der Waals surface area contributed by atoms with E-state index in [9.17, 15) is 9.90 Å². The Hall–Kier alpha value is -2.34. The van der Waals surface area contributed by atoms with Crippen LogP contribution in [0, 0.1) is 5.92 Å². The summed E-state index contributed by atoms with van der Waals surface area (Å²) < 4.78 is 5.16. The molecular weight excluding hydrogens is 294 g/mol. The minimum Gasteiger partial charge on any atom is -0.497 e. The molecular formula is C17H21N3O3. The maximum Gasteiger partial charge on any atom is 0.257 e. The van der Waals surface area contributed by atoms with Gasteiger partial charge in [0.1, 0.15) is 5.75 Å². The van der Waals surface area contributed by atoms with Gasteiger partial charge in [-0.3, -0.25) is 9.89 Å². The van der Waals surface area contributed by atoms with Gasteiger partial charge in [-0.05, 0) is 43.0 Å². The molecule has 2 heterocycles. The first-order valence-corrected chi connectivity index (χ1v) is 7.81. The average molecular weight is 315 g/mol. The van der Waals surface area contributed by atoms with E-state index in [1.807, 2.05) is 29.2 Å². The van der Waals surface area contributed by atoms with Crippen LogP contribution in [0.15, 0.2) is 30.5 Å². The number of aromatic nitrogens is 2. The Kier molecular flexibility index (Phi) is 4.62. The predicted octanol–water partition coefficient (Wildman–Crippen LogP) is 1.93. The fraction of sp³-hybridized carbons (Fsp3) is 0.412. The first-order chi connectivity index (χ1) is 11.2. The number of aliphatic hydroxyl groups excluding tert-OH is 1. The molecule has 1 unspecified atom stereocenters. The van der Waals surface area contributed by atoms with E-state index in [-0.39, 0.29) is 18.4 Å². The second kappa shape index (κ2) is 6.83. The normalized spacial score (nSPS) is 18.0. The lowest BCUT2D eigenvalue weighted by Crippen LogP contribution is -2.41. The highest BCUT2D eigenvalue weighted by Crippen LogP contribution is 2.26. The zero-order valence-corrected chi connectivity index (χ0v) is 13.2. The molecule has 1 aromatic carbocycles. The van der Waals surface area contributed by atoms with Crippen LogP contribution in [0.2, 0.25) is 0 Å². The number of piperidine rings is 1. The summed E-state index contributed by atoms with van der Waals surface area (Å²) >= 11 is 0. The van der Waals surface area contributed by atoms with Crippen LogP contribution in [0.3, 0.4) is 0 Å². The van der Waals surface area contributed by atoms with Gasteiger partial charge in [0, 0.05) is 25.3 Å². The van der Waals surface area contributed by atoms with Gasteiger partial charge in [-0.2, -0.15) is 5.10 Å². The van der Waals surface area contributed by atoms with Gasteiger partial charge in [-0.25, -0.2) is 0 Å². The molecule has 0 radical (unpaired) electrons. The van der Waals surface area contributed by atoms with Gasteiger partial charge >= 0.3 is 0 Å². The van der Waals surface area contributed by atoms with Crippen LogP contribution in [0.4, 0.5) is 0 Å². The zero-order valence-electron chi connectivity index (χ0n) is 13.2. The number of benzene rings is 1. The smallest absolute Gasteiger partial charge is 0.257 e. The van der Waals surface area contributed by atoms with Crippen molar-refractivity contribution in [3.8, 4) is 17.0 Å². The Balaban J connectivity index is 1.83. The molecule has 0 saturated carbocycles. The molecule has 122 valence electrons. The van der Waals surface area contributed by atoms with Crippen LogP contribution in [0.5, 0.6) is 5.75 Å². The summed E-state index contributed by atoms with van der Waals surface area (Å²) in [7, 11) is 1.62. The third-order valence-corrected chi connectivity index (χ3v) is 4.31. The first-order valence-electron chi connectivity index (χ1n) is 7.81. The number of hydrogen-bond acceptors (Lipinski definition) is 4. The van der Waals surface area contributed by atoms with Crippen molar-refractivity contribution in [2.45, 2.75) is 12.8 Å². The molecule has 1 aromatic heterocycles. The van der Waals surface area contributed by atoms with Crippen molar-refractivity contribution in [3.05, 3.63) is 36.0 Å². The minimum atomic E-state index is -0.0391. The van der Waals surface area contributed by atoms with Gasteiger partial charge in [0.2, 0.25) is 0 Å². The summed E-state index contributed by atoms with van der Waals surface area (Å²) in [6.45, 7) is 1.45. The van der Waals surface area contributed by atoms with Crippen molar-refractivity contribution in [2.75, 3.05) is 26.8 Å². The van der Waals surface area contributed by atoms with E-state index < -0.39 is 0 Å². The highest BCUT2D eigenvalue weighted by molar-refractivity contribution is 5.99. The van der Waals surface area contributed by atoms with Gasteiger partial charge in [-0.1, -0.05) is 0 Å². The van der Waals surface area contributed by atoms with E-state index in [0.717, 1.165) is 30.7 Å². The number of amides is 1. The lowest BCUT2D eigenvalue weighted by molar-refractivity contribution is 0.0621. The molecule has 2 N–H and O–H groups in total. The number of ether oxygens (including phenoxy) is 1. The molecule has 0 aliphatic carbocycles. The molecule has 1 atom stereocenters. The van der Waals surface area contributed by atoms with Gasteiger partial charge in [0.25, 0.3) is 5.91 Å². The topological polar surface area (TPSA) is 78.5 Å². The summed E-state index contributed by atoms with van der Waals surface area (Å²) in [6, 6.07) is 7.51. The molecule has 1 aliphatic rings. The Labute approximate surface area is 135 Å². The number of aliphatic hydroxyl groups is 1. The fourth-order valence-corrected chi connectivity index (χ4v) is 2.99. The predicted molar refractivity (Wildman–Crippen MR) is 86.3 cm³/mol. The fourth-order valence-electron chi connectivity index (χ4n) is 2.99. The number of H-pyrrole nitrogens is 1. The van der Waals surface area contributed by atoms with E-state index in [2.05, 4.69) is 10.2 Å². The highest BCUT2D eigenvalue weighted by Gasteiger charge is 2.26. The maximum atomic E-state index is 12.8. The average Bonchev–Trinajstić information content (AvgIpc) is 3.11. The quantitative estimate of drug-likeness (QED) is 0.903. The van der Waals surface area contributed by atoms with Gasteiger partial charge < -0.3 is 14.7 Å². The van der Waals surface area contributed by atoms with Gasteiger partial charge in [0.05, 0.1) is 24.6 Å². The number of methoxy groups -OCH3 is 1. The number of nitrogens with zero attached hydrogens (tertiary/aromatic N) is 2. The lowest BCUT2D eigenvalue weighted by Gasteiger charge is -2.31. The van der Waals surface area contributed by atoms with Gasteiger partial charge in [0.15, 0.2) is 0 Å². The molecule has 23 heavy (non-hydrogen) atoms. The molecule has 2 aromatic rings. The third-order valence-electron chi connectivity index (χ3n) is 4.31. The molecule has 0 bridgehead atoms. The van der Waals surface area contributed by atoms with Crippen molar-refractivity contribution >= 4 is 5.91 Å². The molecule has 1 saturated heterocycles. The van der Waals surface area contributed by atoms with Crippen LogP contribution in [-0.2, 0) is 0 Å². The van der Waals surface area contributed by atoms with E-state index in [4.69, 9.17) is 4.74 Å². The summed E-state index contributed by atoms with van der Waals surface area (Å²) in [6.07, 6.45) is 3.47. The molecule has 6 heteroatoms. The summed E-state index contributed by atoms with van der Waals surface area (Å²) in [5.41, 5.74) is 2.17. The number of likely N-dealkylation sites (tertiary alicyclic amines) is 1. The van der Waals surface area contributed by atoms with Gasteiger partial charge in [-0.15, -0.1) is 0 Å². The lowest BCUT2D eigenvalue weighted by atomic mass is 9.98. The van der Waals surface area contributed by atoms with Crippen LogP contribution >= 0.6 is 0 Å². The maximum absolute atomic E-state index is 12.8. The Morgan fingerprint density at radius 1 is 1.43 bits per heavy atom. The number of carbonyl (C=O) groups excluding carboxylic acids is 1. The standard InChI is InChI=1S/C17H21N3O3/c1-23-14-6-4-13(5-7-14)16-15(9-18-19-16)17(22)20-8-2-3-12(10-20)11-21/h4-7,9,12,21H,2-3,8,10-11H2,1H3,(H,18,19). The second-order valence-electron chi connectivity index (χ2n) is 5.83. The number of hydrogen-bond donors (Lipinski definition) is 2. The number of nitrogens with one attached hydrogen (secondary N) is 1. The minimum absolute atomic E-state index is 0.0391. The van der Waals surface area contributed by atoms with Crippen molar-refractivity contribution in [1.29, 1.82) is 0 Å². The summed E-state index contributed by atoms with van der Waals surface area (Å²) in [5.74, 6) is 0.898. The van der Waals surface area contributed by atoms with E-state index >= 15 is 0 Å². The van der Waals surface area contributed by atoms with Crippen LogP contribution in [-0.4, -0.2) is 52.9 Å². The SMILES string of the molecule is COc1ccc(-c2[nH]ncc2C(=O)N2CCCC(CO)C2)cc1. The molecule has 6 nitrogen and oxygen atoms in total. The first kappa shape index (κ1) is 15.6. The monoisotopic (exact) mass is 315 g/mol. The zero-order chi connectivity index (χ0) is 16.2. The molecule has 1 amide bonds. The van der Waals surface area contributed by atoms with Crippen molar-refractivity contribution in [3.63, 3.8) is 0 Å². The van der Waals surface area contributed by atoms with Crippen LogP contribution in [0.25, 0.3) is 11.3 Å². The molecule has 1 aliphatic heterocycles. The summed E-state index contributed by atoms with van der Waals surface area (Å²) in [4.78, 5) is 14.6. The summed E-state index contributed by atoms with van der Waals surface area (Å²) in [5, 5.41) is 16.3. The largest absolute Gasteiger partial charge is 0.497 e. The van der Waals surface area contributed by atoms with E-state index in [1.54, 1.807) is 13.3 Å². The number of aromatic amines is 1.